The third-order valence-corrected chi connectivity index (χ3v) is 1.76. The second kappa shape index (κ2) is 2.93. The molecule has 0 bridgehead atoms. The molecule has 0 aromatic carbocycles. The van der Waals surface area contributed by atoms with Crippen molar-refractivity contribution in [1.82, 2.24) is 4.98 Å². The van der Waals surface area contributed by atoms with E-state index in [4.69, 9.17) is 9.84 Å². The van der Waals surface area contributed by atoms with Crippen LogP contribution in [0.15, 0.2) is 18.3 Å². The highest BCUT2D eigenvalue weighted by Crippen LogP contribution is 2.31. The highest BCUT2D eigenvalue weighted by atomic mass is 16.7. The second-order valence-corrected chi connectivity index (χ2v) is 2.58. The van der Waals surface area contributed by atoms with Crippen molar-refractivity contribution in [3.05, 3.63) is 23.9 Å². The Bertz CT molecular complexity index is 339. The first-order valence-electron chi connectivity index (χ1n) is 3.74. The summed E-state index contributed by atoms with van der Waals surface area (Å²) in [6, 6.07) is 3.45. The monoisotopic (exact) mass is 181 g/mol. The highest BCUT2D eigenvalue weighted by molar-refractivity contribution is 5.57. The van der Waals surface area contributed by atoms with Crippen LogP contribution in [0.25, 0.3) is 0 Å². The van der Waals surface area contributed by atoms with Crippen molar-refractivity contribution < 1.29 is 19.4 Å². The van der Waals surface area contributed by atoms with E-state index < -0.39 is 12.3 Å². The molecule has 2 heterocycles. The zero-order chi connectivity index (χ0) is 9.26. The van der Waals surface area contributed by atoms with Gasteiger partial charge in [0.05, 0.1) is 5.56 Å². The fourth-order valence-electron chi connectivity index (χ4n) is 1.23. The SMILES string of the molecule is O=C(O)O[C@H]1COc2ncccc21. The molecule has 5 nitrogen and oxygen atoms in total. The molecular weight excluding hydrogens is 174 g/mol. The summed E-state index contributed by atoms with van der Waals surface area (Å²) in [7, 11) is 0. The quantitative estimate of drug-likeness (QED) is 0.659. The zero-order valence-corrected chi connectivity index (χ0v) is 6.64. The van der Waals surface area contributed by atoms with Gasteiger partial charge in [0.2, 0.25) is 5.88 Å². The summed E-state index contributed by atoms with van der Waals surface area (Å²) < 4.78 is 9.70. The minimum absolute atomic E-state index is 0.207. The van der Waals surface area contributed by atoms with E-state index in [1.807, 2.05) is 0 Å². The summed E-state index contributed by atoms with van der Waals surface area (Å²) in [5.41, 5.74) is 0.685. The lowest BCUT2D eigenvalue weighted by molar-refractivity contribution is 0.0418. The Morgan fingerprint density at radius 3 is 3.38 bits per heavy atom. The molecule has 1 aromatic heterocycles. The van der Waals surface area contributed by atoms with Gasteiger partial charge >= 0.3 is 6.16 Å². The third-order valence-electron chi connectivity index (χ3n) is 1.76. The van der Waals surface area contributed by atoms with Gasteiger partial charge in [-0.05, 0) is 12.1 Å². The molecular formula is C8H7NO4. The van der Waals surface area contributed by atoms with Gasteiger partial charge in [-0.1, -0.05) is 0 Å². The van der Waals surface area contributed by atoms with Crippen LogP contribution in [0.5, 0.6) is 5.88 Å². The Hall–Kier alpha value is -1.78. The lowest BCUT2D eigenvalue weighted by atomic mass is 10.2. The van der Waals surface area contributed by atoms with Crippen LogP contribution in [-0.4, -0.2) is 22.9 Å². The lowest BCUT2D eigenvalue weighted by Gasteiger charge is -2.05. The molecule has 0 aliphatic carbocycles. The molecule has 0 saturated heterocycles. The number of rotatable bonds is 1. The van der Waals surface area contributed by atoms with Crippen LogP contribution < -0.4 is 4.74 Å². The van der Waals surface area contributed by atoms with Crippen molar-refractivity contribution in [2.24, 2.45) is 0 Å². The predicted molar refractivity (Wildman–Crippen MR) is 41.6 cm³/mol. The number of hydrogen-bond acceptors (Lipinski definition) is 4. The average molecular weight is 181 g/mol. The van der Waals surface area contributed by atoms with Crippen molar-refractivity contribution in [1.29, 1.82) is 0 Å². The van der Waals surface area contributed by atoms with Crippen molar-refractivity contribution in [3.8, 4) is 5.88 Å². The van der Waals surface area contributed by atoms with Gasteiger partial charge < -0.3 is 14.6 Å². The van der Waals surface area contributed by atoms with Crippen LogP contribution in [0.2, 0.25) is 0 Å². The maximum absolute atomic E-state index is 10.3. The van der Waals surface area contributed by atoms with Gasteiger partial charge in [0.1, 0.15) is 6.61 Å². The average Bonchev–Trinajstić information content (AvgIpc) is 2.48. The van der Waals surface area contributed by atoms with Gasteiger partial charge in [-0.15, -0.1) is 0 Å². The minimum Gasteiger partial charge on any atom is -0.473 e. The van der Waals surface area contributed by atoms with Crippen LogP contribution in [0.1, 0.15) is 11.7 Å². The summed E-state index contributed by atoms with van der Waals surface area (Å²) >= 11 is 0. The maximum atomic E-state index is 10.3. The summed E-state index contributed by atoms with van der Waals surface area (Å²) in [6.45, 7) is 0.207. The number of nitrogens with zero attached hydrogens (tertiary/aromatic N) is 1. The molecule has 1 N–H and O–H groups in total. The van der Waals surface area contributed by atoms with Crippen LogP contribution >= 0.6 is 0 Å². The molecule has 13 heavy (non-hydrogen) atoms. The fourth-order valence-corrected chi connectivity index (χ4v) is 1.23. The Labute approximate surface area is 73.9 Å². The molecule has 0 unspecified atom stereocenters. The molecule has 0 amide bonds. The normalized spacial score (nSPS) is 18.9. The zero-order valence-electron chi connectivity index (χ0n) is 6.64. The number of ether oxygens (including phenoxy) is 2. The van der Waals surface area contributed by atoms with Crippen molar-refractivity contribution in [3.63, 3.8) is 0 Å². The van der Waals surface area contributed by atoms with Crippen LogP contribution in [-0.2, 0) is 4.74 Å². The third kappa shape index (κ3) is 1.40. The van der Waals surface area contributed by atoms with Crippen LogP contribution in [0.4, 0.5) is 4.79 Å². The van der Waals surface area contributed by atoms with E-state index in [1.165, 1.54) is 0 Å². The van der Waals surface area contributed by atoms with E-state index in [9.17, 15) is 4.79 Å². The van der Waals surface area contributed by atoms with Gasteiger partial charge in [0.15, 0.2) is 6.10 Å². The molecule has 1 aliphatic rings. The number of hydrogen-bond donors (Lipinski definition) is 1. The second-order valence-electron chi connectivity index (χ2n) is 2.58. The Balaban J connectivity index is 2.23. The summed E-state index contributed by atoms with van der Waals surface area (Å²) in [5, 5.41) is 8.40. The Morgan fingerprint density at radius 2 is 2.62 bits per heavy atom. The fraction of sp³-hybridized carbons (Fsp3) is 0.250. The van der Waals surface area contributed by atoms with Crippen molar-refractivity contribution >= 4 is 6.16 Å². The Kier molecular flexibility index (Phi) is 1.77. The summed E-state index contributed by atoms with van der Waals surface area (Å²) in [4.78, 5) is 14.2. The number of pyridine rings is 1. The molecule has 0 radical (unpaired) electrons. The molecule has 2 rings (SSSR count). The number of carboxylic acid groups (broad SMARTS) is 1. The van der Waals surface area contributed by atoms with E-state index >= 15 is 0 Å². The number of fused-ring (bicyclic) bond motifs is 1. The topological polar surface area (TPSA) is 68.7 Å². The van der Waals surface area contributed by atoms with Crippen LogP contribution in [0, 0.1) is 0 Å². The molecule has 0 fully saturated rings. The lowest BCUT2D eigenvalue weighted by Crippen LogP contribution is -2.10. The van der Waals surface area contributed by atoms with E-state index in [2.05, 4.69) is 9.72 Å². The molecule has 68 valence electrons. The van der Waals surface area contributed by atoms with E-state index in [0.717, 1.165) is 0 Å². The summed E-state index contributed by atoms with van der Waals surface area (Å²) in [5.74, 6) is 0.453. The minimum atomic E-state index is -1.30. The summed E-state index contributed by atoms with van der Waals surface area (Å²) in [6.07, 6.45) is -0.256. The predicted octanol–water partition coefficient (Wildman–Crippen LogP) is 1.21. The van der Waals surface area contributed by atoms with Gasteiger partial charge in [0, 0.05) is 6.20 Å². The van der Waals surface area contributed by atoms with E-state index in [0.29, 0.717) is 11.4 Å². The highest BCUT2D eigenvalue weighted by Gasteiger charge is 2.27. The van der Waals surface area contributed by atoms with Gasteiger partial charge in [-0.3, -0.25) is 0 Å². The first-order chi connectivity index (χ1) is 6.27. The van der Waals surface area contributed by atoms with Gasteiger partial charge in [-0.2, -0.15) is 0 Å². The van der Waals surface area contributed by atoms with Crippen molar-refractivity contribution in [2.75, 3.05) is 6.61 Å². The Morgan fingerprint density at radius 1 is 1.77 bits per heavy atom. The molecule has 1 aromatic rings. The smallest absolute Gasteiger partial charge is 0.473 e. The molecule has 1 aliphatic heterocycles. The number of aromatic nitrogens is 1. The first-order valence-corrected chi connectivity index (χ1v) is 3.74. The molecule has 0 spiro atoms. The first kappa shape index (κ1) is 7.85. The van der Waals surface area contributed by atoms with Crippen LogP contribution in [0.3, 0.4) is 0 Å². The van der Waals surface area contributed by atoms with E-state index in [1.54, 1.807) is 18.3 Å². The molecule has 1 atom stereocenters. The largest absolute Gasteiger partial charge is 0.506 e. The van der Waals surface area contributed by atoms with Gasteiger partial charge in [-0.25, -0.2) is 9.78 Å². The van der Waals surface area contributed by atoms with E-state index in [-0.39, 0.29) is 6.61 Å². The standard InChI is InChI=1S/C8H7NO4/c10-8(11)13-6-4-12-7-5(6)2-1-3-9-7/h1-3,6H,4H2,(H,10,11)/t6-/m0/s1. The molecule has 0 saturated carbocycles. The number of carbonyl (C=O) groups is 1. The van der Waals surface area contributed by atoms with Gasteiger partial charge in [0.25, 0.3) is 0 Å². The maximum Gasteiger partial charge on any atom is 0.506 e. The molecule has 5 heteroatoms. The van der Waals surface area contributed by atoms with Crippen molar-refractivity contribution in [2.45, 2.75) is 6.10 Å².